The third-order valence-corrected chi connectivity index (χ3v) is 5.00. The van der Waals surface area contributed by atoms with Crippen molar-refractivity contribution in [3.8, 4) is 26.9 Å². The van der Waals surface area contributed by atoms with Gasteiger partial charge in [-0.25, -0.2) is 4.98 Å². The van der Waals surface area contributed by atoms with Crippen LogP contribution in [0.4, 0.5) is 0 Å². The van der Waals surface area contributed by atoms with Crippen LogP contribution in [0.2, 0.25) is 0 Å². The molecular formula is C15H13NOS2. The number of benzene rings is 1. The Morgan fingerprint density at radius 1 is 1.21 bits per heavy atom. The van der Waals surface area contributed by atoms with E-state index in [4.69, 9.17) is 0 Å². The Labute approximate surface area is 120 Å². The molecule has 96 valence electrons. The molecule has 1 aromatic carbocycles. The third-order valence-electron chi connectivity index (χ3n) is 2.86. The van der Waals surface area contributed by atoms with E-state index in [2.05, 4.69) is 29.4 Å². The second-order valence-electron chi connectivity index (χ2n) is 4.21. The molecule has 0 aliphatic rings. The van der Waals surface area contributed by atoms with Gasteiger partial charge in [0.05, 0.1) is 10.6 Å². The van der Waals surface area contributed by atoms with Crippen LogP contribution in [0.5, 0.6) is 5.75 Å². The Hall–Kier alpha value is -1.65. The molecule has 0 bridgehead atoms. The normalized spacial score (nSPS) is 10.8. The first-order valence-electron chi connectivity index (χ1n) is 6.10. The van der Waals surface area contributed by atoms with Gasteiger partial charge in [-0.15, -0.1) is 22.7 Å². The van der Waals surface area contributed by atoms with Crippen molar-refractivity contribution in [3.05, 3.63) is 46.7 Å². The molecule has 3 aromatic rings. The molecular weight excluding hydrogens is 274 g/mol. The largest absolute Gasteiger partial charge is 0.508 e. The average Bonchev–Trinajstić information content (AvgIpc) is 3.07. The van der Waals surface area contributed by atoms with Crippen molar-refractivity contribution in [2.45, 2.75) is 13.3 Å². The van der Waals surface area contributed by atoms with Crippen LogP contribution in [0.3, 0.4) is 0 Å². The lowest BCUT2D eigenvalue weighted by molar-refractivity contribution is 0.475. The van der Waals surface area contributed by atoms with Gasteiger partial charge in [0.1, 0.15) is 10.8 Å². The van der Waals surface area contributed by atoms with Gasteiger partial charge in [-0.1, -0.05) is 19.1 Å². The molecule has 2 aromatic heterocycles. The Kier molecular flexibility index (Phi) is 3.36. The molecule has 1 N–H and O–H groups in total. The van der Waals surface area contributed by atoms with Gasteiger partial charge in [0.15, 0.2) is 0 Å². The quantitative estimate of drug-likeness (QED) is 0.750. The van der Waals surface area contributed by atoms with Crippen LogP contribution in [-0.4, -0.2) is 10.1 Å². The smallest absolute Gasteiger partial charge is 0.124 e. The first-order valence-corrected chi connectivity index (χ1v) is 7.80. The minimum atomic E-state index is 0.277. The fraction of sp³-hybridized carbons (Fsp3) is 0.133. The number of aromatic nitrogens is 1. The van der Waals surface area contributed by atoms with Crippen LogP contribution in [0, 0.1) is 0 Å². The molecule has 0 amide bonds. The zero-order valence-corrected chi connectivity index (χ0v) is 12.1. The molecule has 0 atom stereocenters. The molecule has 4 heteroatoms. The fourth-order valence-electron chi connectivity index (χ4n) is 1.86. The van der Waals surface area contributed by atoms with Crippen LogP contribution in [-0.2, 0) is 6.42 Å². The van der Waals surface area contributed by atoms with Crippen molar-refractivity contribution in [2.24, 2.45) is 0 Å². The number of phenols is 1. The first kappa shape index (κ1) is 12.4. The van der Waals surface area contributed by atoms with Crippen LogP contribution in [0.1, 0.15) is 11.8 Å². The van der Waals surface area contributed by atoms with Gasteiger partial charge in [-0.3, -0.25) is 0 Å². The first-order chi connectivity index (χ1) is 9.26. The van der Waals surface area contributed by atoms with E-state index in [-0.39, 0.29) is 5.75 Å². The molecule has 0 saturated carbocycles. The lowest BCUT2D eigenvalue weighted by Gasteiger charge is -1.96. The summed E-state index contributed by atoms with van der Waals surface area (Å²) in [7, 11) is 0. The molecule has 0 fully saturated rings. The summed E-state index contributed by atoms with van der Waals surface area (Å²) in [6.45, 7) is 2.16. The van der Waals surface area contributed by atoms with E-state index in [9.17, 15) is 5.11 Å². The summed E-state index contributed by atoms with van der Waals surface area (Å²) in [5.41, 5.74) is 1.98. The Bertz CT molecular complexity index is 700. The van der Waals surface area contributed by atoms with Gasteiger partial charge < -0.3 is 5.11 Å². The number of phenolic OH excluding ortho intramolecular Hbond substituents is 1. The van der Waals surface area contributed by atoms with Gasteiger partial charge in [0, 0.05) is 15.8 Å². The number of aromatic hydroxyl groups is 1. The number of aryl methyl sites for hydroxylation is 1. The van der Waals surface area contributed by atoms with Crippen molar-refractivity contribution >= 4 is 22.7 Å². The van der Waals surface area contributed by atoms with E-state index in [1.165, 1.54) is 9.75 Å². The standard InChI is InChI=1S/C15H13NOS2/c1-2-12-6-7-14(19-12)13-9-18-15(16-13)10-4-3-5-11(17)8-10/h3-9,17H,2H2,1H3. The van der Waals surface area contributed by atoms with E-state index in [0.717, 1.165) is 22.7 Å². The average molecular weight is 287 g/mol. The monoisotopic (exact) mass is 287 g/mol. The Morgan fingerprint density at radius 2 is 2.11 bits per heavy atom. The molecule has 0 aliphatic heterocycles. The summed E-state index contributed by atoms with van der Waals surface area (Å²) in [5, 5.41) is 12.5. The molecule has 2 heterocycles. The molecule has 0 spiro atoms. The second kappa shape index (κ2) is 5.15. The van der Waals surface area contributed by atoms with Gasteiger partial charge in [0.2, 0.25) is 0 Å². The maximum atomic E-state index is 9.51. The summed E-state index contributed by atoms with van der Waals surface area (Å²) < 4.78 is 0. The van der Waals surface area contributed by atoms with Crippen LogP contribution in [0.25, 0.3) is 21.1 Å². The maximum absolute atomic E-state index is 9.51. The van der Waals surface area contributed by atoms with Crippen molar-refractivity contribution in [1.82, 2.24) is 4.98 Å². The van der Waals surface area contributed by atoms with Crippen LogP contribution >= 0.6 is 22.7 Å². The zero-order valence-electron chi connectivity index (χ0n) is 10.5. The van der Waals surface area contributed by atoms with Gasteiger partial charge in [-0.2, -0.15) is 0 Å². The Balaban J connectivity index is 1.95. The van der Waals surface area contributed by atoms with E-state index >= 15 is 0 Å². The maximum Gasteiger partial charge on any atom is 0.124 e. The third kappa shape index (κ3) is 2.55. The molecule has 19 heavy (non-hydrogen) atoms. The van der Waals surface area contributed by atoms with Crippen LogP contribution < -0.4 is 0 Å². The van der Waals surface area contributed by atoms with E-state index < -0.39 is 0 Å². The summed E-state index contributed by atoms with van der Waals surface area (Å²) >= 11 is 3.40. The van der Waals surface area contributed by atoms with Gasteiger partial charge >= 0.3 is 0 Å². The highest BCUT2D eigenvalue weighted by Crippen LogP contribution is 2.33. The molecule has 0 radical (unpaired) electrons. The second-order valence-corrected chi connectivity index (χ2v) is 6.23. The lowest BCUT2D eigenvalue weighted by atomic mass is 10.2. The highest BCUT2D eigenvalue weighted by Gasteiger charge is 2.09. The van der Waals surface area contributed by atoms with Crippen LogP contribution in [0.15, 0.2) is 41.8 Å². The summed E-state index contributed by atoms with van der Waals surface area (Å²) in [6.07, 6.45) is 1.06. The number of rotatable bonds is 3. The highest BCUT2D eigenvalue weighted by atomic mass is 32.1. The topological polar surface area (TPSA) is 33.1 Å². The van der Waals surface area contributed by atoms with E-state index in [0.29, 0.717) is 0 Å². The minimum Gasteiger partial charge on any atom is -0.508 e. The van der Waals surface area contributed by atoms with Gasteiger partial charge in [-0.05, 0) is 30.7 Å². The summed E-state index contributed by atoms with van der Waals surface area (Å²) in [6, 6.07) is 11.5. The number of thiophene rings is 1. The summed E-state index contributed by atoms with van der Waals surface area (Å²) in [4.78, 5) is 7.24. The molecule has 2 nitrogen and oxygen atoms in total. The van der Waals surface area contributed by atoms with Gasteiger partial charge in [0.25, 0.3) is 0 Å². The summed E-state index contributed by atoms with van der Waals surface area (Å²) in [5.74, 6) is 0.277. The van der Waals surface area contributed by atoms with Crippen molar-refractivity contribution in [2.75, 3.05) is 0 Å². The number of thiazole rings is 1. The number of hydrogen-bond donors (Lipinski definition) is 1. The molecule has 0 unspecified atom stereocenters. The van der Waals surface area contributed by atoms with Crippen molar-refractivity contribution in [3.63, 3.8) is 0 Å². The number of hydrogen-bond acceptors (Lipinski definition) is 4. The van der Waals surface area contributed by atoms with Crippen molar-refractivity contribution in [1.29, 1.82) is 0 Å². The predicted octanol–water partition coefficient (Wildman–Crippen LogP) is 4.81. The zero-order chi connectivity index (χ0) is 13.2. The lowest BCUT2D eigenvalue weighted by Crippen LogP contribution is -1.76. The van der Waals surface area contributed by atoms with Crippen molar-refractivity contribution < 1.29 is 5.11 Å². The molecule has 0 aliphatic carbocycles. The number of nitrogens with zero attached hydrogens (tertiary/aromatic N) is 1. The SMILES string of the molecule is CCc1ccc(-c2csc(-c3cccc(O)c3)n2)s1. The van der Waals surface area contributed by atoms with E-state index in [1.54, 1.807) is 34.8 Å². The highest BCUT2D eigenvalue weighted by molar-refractivity contribution is 7.16. The predicted molar refractivity (Wildman–Crippen MR) is 81.9 cm³/mol. The van der Waals surface area contributed by atoms with E-state index in [1.807, 2.05) is 12.1 Å². The Morgan fingerprint density at radius 3 is 2.84 bits per heavy atom. The minimum absolute atomic E-state index is 0.277. The molecule has 3 rings (SSSR count). The fourth-order valence-corrected chi connectivity index (χ4v) is 3.66. The molecule has 0 saturated heterocycles.